The molecule has 1 atom stereocenters. The van der Waals surface area contributed by atoms with Gasteiger partial charge in [-0.25, -0.2) is 9.97 Å². The molecule has 2 aromatic heterocycles. The number of anilines is 3. The van der Waals surface area contributed by atoms with E-state index >= 15 is 0 Å². The van der Waals surface area contributed by atoms with Crippen LogP contribution in [0.3, 0.4) is 0 Å². The minimum atomic E-state index is -0.779. The van der Waals surface area contributed by atoms with E-state index in [0.717, 1.165) is 18.5 Å². The Bertz CT molecular complexity index is 853. The van der Waals surface area contributed by atoms with Gasteiger partial charge in [0.25, 0.3) is 5.91 Å². The molecule has 2 aromatic rings. The van der Waals surface area contributed by atoms with Crippen LogP contribution in [0.2, 0.25) is 5.15 Å². The van der Waals surface area contributed by atoms with Gasteiger partial charge < -0.3 is 22.1 Å². The molecule has 0 saturated heterocycles. The van der Waals surface area contributed by atoms with Gasteiger partial charge in [-0.15, -0.1) is 0 Å². The minimum absolute atomic E-state index is 0.0631. The molecule has 3 rings (SSSR count). The van der Waals surface area contributed by atoms with Crippen LogP contribution >= 0.6 is 23.1 Å². The lowest BCUT2D eigenvalue weighted by Crippen LogP contribution is -2.36. The number of hydrogen-bond donors (Lipinski definition) is 4. The van der Waals surface area contributed by atoms with Gasteiger partial charge in [-0.05, 0) is 36.9 Å². The fourth-order valence-electron chi connectivity index (χ4n) is 2.40. The lowest BCUT2D eigenvalue weighted by Gasteiger charge is -2.17. The van der Waals surface area contributed by atoms with Gasteiger partial charge in [0.15, 0.2) is 22.5 Å². The van der Waals surface area contributed by atoms with Gasteiger partial charge in [0.05, 0.1) is 5.69 Å². The Balaban J connectivity index is 1.90. The molecule has 11 heteroatoms. The van der Waals surface area contributed by atoms with Crippen LogP contribution in [0.4, 0.5) is 16.6 Å². The lowest BCUT2D eigenvalue weighted by molar-refractivity contribution is -0.118. The van der Waals surface area contributed by atoms with Crippen LogP contribution in [0.25, 0.3) is 0 Å². The molecule has 0 aliphatic heterocycles. The van der Waals surface area contributed by atoms with Crippen LogP contribution in [0.5, 0.6) is 0 Å². The summed E-state index contributed by atoms with van der Waals surface area (Å²) in [4.78, 5) is 31.7. The van der Waals surface area contributed by atoms with E-state index in [2.05, 4.69) is 25.0 Å². The van der Waals surface area contributed by atoms with Crippen molar-refractivity contribution < 1.29 is 9.59 Å². The monoisotopic (exact) mass is 395 g/mol. The van der Waals surface area contributed by atoms with Crippen LogP contribution < -0.4 is 22.1 Å². The van der Waals surface area contributed by atoms with Crippen molar-refractivity contribution in [3.8, 4) is 0 Å². The molecule has 9 nitrogen and oxygen atoms in total. The number of halogens is 1. The summed E-state index contributed by atoms with van der Waals surface area (Å²) in [6, 6.07) is 1.17. The summed E-state index contributed by atoms with van der Waals surface area (Å²) in [5, 5.41) is 6.50. The number of nitrogens with two attached hydrogens (primary N) is 2. The van der Waals surface area contributed by atoms with Crippen molar-refractivity contribution in [1.82, 2.24) is 14.3 Å². The maximum atomic E-state index is 11.7. The van der Waals surface area contributed by atoms with Crippen LogP contribution in [0, 0.1) is 12.8 Å². The van der Waals surface area contributed by atoms with Gasteiger partial charge in [0.1, 0.15) is 11.0 Å². The van der Waals surface area contributed by atoms with E-state index in [9.17, 15) is 9.59 Å². The second-order valence-corrected chi connectivity index (χ2v) is 7.32. The van der Waals surface area contributed by atoms with Crippen LogP contribution in [0.1, 0.15) is 35.4 Å². The second-order valence-electron chi connectivity index (χ2n) is 6.16. The SMILES string of the molecule is Cc1cc(Nc2nc(NC(CC3CC3)C(N)=O)c(Cl)nc2C(N)=O)sn1. The lowest BCUT2D eigenvalue weighted by atomic mass is 10.1. The fourth-order valence-corrected chi connectivity index (χ4v) is 3.24. The molecule has 1 unspecified atom stereocenters. The maximum absolute atomic E-state index is 11.7. The number of aryl methyl sites for hydroxylation is 1. The normalized spacial score (nSPS) is 14.7. The van der Waals surface area contributed by atoms with Crippen LogP contribution in [-0.2, 0) is 4.79 Å². The molecular formula is C15H18ClN7O2S. The minimum Gasteiger partial charge on any atom is -0.368 e. The Morgan fingerprint density at radius 3 is 2.62 bits per heavy atom. The third kappa shape index (κ3) is 4.38. The van der Waals surface area contributed by atoms with E-state index < -0.39 is 17.9 Å². The summed E-state index contributed by atoms with van der Waals surface area (Å²) in [7, 11) is 0. The Kier molecular flexibility index (Phi) is 5.23. The summed E-state index contributed by atoms with van der Waals surface area (Å²) in [6.45, 7) is 1.84. The molecule has 138 valence electrons. The summed E-state index contributed by atoms with van der Waals surface area (Å²) in [5.74, 6) is -0.526. The predicted octanol–water partition coefficient (Wildman–Crippen LogP) is 1.80. The second kappa shape index (κ2) is 7.42. The van der Waals surface area contributed by atoms with Crippen molar-refractivity contribution in [2.24, 2.45) is 17.4 Å². The molecule has 0 aromatic carbocycles. The highest BCUT2D eigenvalue weighted by atomic mass is 35.5. The average molecular weight is 396 g/mol. The van der Waals surface area contributed by atoms with Gasteiger partial charge >= 0.3 is 0 Å². The van der Waals surface area contributed by atoms with Gasteiger partial charge in [0, 0.05) is 0 Å². The summed E-state index contributed by atoms with van der Waals surface area (Å²) in [6.07, 6.45) is 2.74. The molecule has 26 heavy (non-hydrogen) atoms. The first-order valence-corrected chi connectivity index (χ1v) is 9.12. The molecule has 0 bridgehead atoms. The Morgan fingerprint density at radius 1 is 1.35 bits per heavy atom. The zero-order chi connectivity index (χ0) is 18.8. The molecule has 1 fully saturated rings. The number of hydrogen-bond acceptors (Lipinski definition) is 8. The largest absolute Gasteiger partial charge is 0.368 e. The first kappa shape index (κ1) is 18.3. The summed E-state index contributed by atoms with van der Waals surface area (Å²) < 4.78 is 4.15. The molecule has 2 heterocycles. The molecule has 2 amide bonds. The number of nitrogens with zero attached hydrogens (tertiary/aromatic N) is 3. The van der Waals surface area contributed by atoms with E-state index in [-0.39, 0.29) is 22.5 Å². The fraction of sp³-hybridized carbons (Fsp3) is 0.400. The van der Waals surface area contributed by atoms with E-state index in [1.807, 2.05) is 6.92 Å². The number of amides is 2. The Labute approximate surface area is 158 Å². The molecule has 1 aliphatic rings. The number of aromatic nitrogens is 3. The Hall–Kier alpha value is -2.46. The Morgan fingerprint density at radius 2 is 2.08 bits per heavy atom. The van der Waals surface area contributed by atoms with Gasteiger partial charge in [-0.3, -0.25) is 9.59 Å². The quantitative estimate of drug-likeness (QED) is 0.532. The highest BCUT2D eigenvalue weighted by molar-refractivity contribution is 7.10. The molecular weight excluding hydrogens is 378 g/mol. The third-order valence-electron chi connectivity index (χ3n) is 3.88. The molecule has 1 saturated carbocycles. The smallest absolute Gasteiger partial charge is 0.271 e. The van der Waals surface area contributed by atoms with Gasteiger partial charge in [0.2, 0.25) is 5.91 Å². The summed E-state index contributed by atoms with van der Waals surface area (Å²) >= 11 is 7.32. The predicted molar refractivity (Wildman–Crippen MR) is 99.6 cm³/mol. The number of carbonyl (C=O) groups excluding carboxylic acids is 2. The zero-order valence-corrected chi connectivity index (χ0v) is 15.5. The first-order valence-electron chi connectivity index (χ1n) is 7.97. The van der Waals surface area contributed by atoms with Crippen molar-refractivity contribution in [3.05, 3.63) is 22.6 Å². The van der Waals surface area contributed by atoms with Crippen LogP contribution in [0.15, 0.2) is 6.07 Å². The van der Waals surface area contributed by atoms with Crippen molar-refractivity contribution in [2.45, 2.75) is 32.2 Å². The highest BCUT2D eigenvalue weighted by Gasteiger charge is 2.29. The molecule has 0 radical (unpaired) electrons. The topological polar surface area (TPSA) is 149 Å². The number of rotatable bonds is 8. The first-order chi connectivity index (χ1) is 12.3. The number of carbonyl (C=O) groups is 2. The van der Waals surface area contributed by atoms with Gasteiger partial charge in [-0.2, -0.15) is 4.37 Å². The third-order valence-corrected chi connectivity index (χ3v) is 4.94. The average Bonchev–Trinajstić information content (AvgIpc) is 3.29. The standard InChI is InChI=1S/C15H18ClN7O2S/c1-6-4-9(26-23-6)20-14-10(13(18)25)21-11(16)15(22-14)19-8(12(17)24)5-7-2-3-7/h4,7-8H,2-3,5H2,1H3,(H2,17,24)(H2,18,25)(H2,19,20,22). The van der Waals surface area contributed by atoms with Crippen molar-refractivity contribution in [1.29, 1.82) is 0 Å². The van der Waals surface area contributed by atoms with E-state index in [1.165, 1.54) is 11.5 Å². The van der Waals surface area contributed by atoms with E-state index in [0.29, 0.717) is 17.3 Å². The van der Waals surface area contributed by atoms with Crippen LogP contribution in [-0.4, -0.2) is 32.2 Å². The van der Waals surface area contributed by atoms with Crippen molar-refractivity contribution in [2.75, 3.05) is 10.6 Å². The van der Waals surface area contributed by atoms with Crippen molar-refractivity contribution in [3.63, 3.8) is 0 Å². The maximum Gasteiger partial charge on any atom is 0.271 e. The number of primary amides is 2. The van der Waals surface area contributed by atoms with E-state index in [4.69, 9.17) is 23.1 Å². The van der Waals surface area contributed by atoms with E-state index in [1.54, 1.807) is 6.07 Å². The number of nitrogens with one attached hydrogen (secondary N) is 2. The molecule has 1 aliphatic carbocycles. The molecule has 6 N–H and O–H groups in total. The van der Waals surface area contributed by atoms with Crippen molar-refractivity contribution >= 4 is 51.6 Å². The summed E-state index contributed by atoms with van der Waals surface area (Å²) in [5.41, 5.74) is 11.5. The highest BCUT2D eigenvalue weighted by Crippen LogP contribution is 2.35. The van der Waals surface area contributed by atoms with Gasteiger partial charge in [-0.1, -0.05) is 24.4 Å². The zero-order valence-electron chi connectivity index (χ0n) is 14.0. The molecule has 0 spiro atoms.